The van der Waals surface area contributed by atoms with Crippen molar-refractivity contribution in [2.24, 2.45) is 11.8 Å². The second-order valence-corrected chi connectivity index (χ2v) is 8.27. The van der Waals surface area contributed by atoms with E-state index in [9.17, 15) is 23.1 Å². The van der Waals surface area contributed by atoms with Crippen molar-refractivity contribution in [3.8, 4) is 0 Å². The van der Waals surface area contributed by atoms with Gasteiger partial charge in [0.1, 0.15) is 0 Å². The van der Waals surface area contributed by atoms with Crippen LogP contribution in [0.3, 0.4) is 0 Å². The maximum absolute atomic E-state index is 13.4. The Labute approximate surface area is 176 Å². The molecule has 1 saturated carbocycles. The van der Waals surface area contributed by atoms with Crippen molar-refractivity contribution in [1.82, 2.24) is 14.9 Å². The lowest BCUT2D eigenvalue weighted by Gasteiger charge is -2.26. The average molecular weight is 436 g/mol. The van der Waals surface area contributed by atoms with E-state index in [-0.39, 0.29) is 29.4 Å². The highest BCUT2D eigenvalue weighted by atomic mass is 19.4. The number of halogens is 3. The second-order valence-electron chi connectivity index (χ2n) is 8.27. The molecular weight excluding hydrogens is 413 g/mol. The molecule has 1 aliphatic carbocycles. The molecule has 0 bridgehead atoms. The van der Waals surface area contributed by atoms with Gasteiger partial charge in [-0.3, -0.25) is 4.90 Å². The number of aromatic nitrogens is 2. The molecule has 31 heavy (non-hydrogen) atoms. The number of carbonyl (C=O) groups is 1. The highest BCUT2D eigenvalue weighted by Gasteiger charge is 2.45. The summed E-state index contributed by atoms with van der Waals surface area (Å²) in [6.45, 7) is 2.69. The van der Waals surface area contributed by atoms with Gasteiger partial charge in [0.15, 0.2) is 12.0 Å². The quantitative estimate of drug-likeness (QED) is 0.619. The Morgan fingerprint density at radius 2 is 1.84 bits per heavy atom. The first-order chi connectivity index (χ1) is 14.6. The van der Waals surface area contributed by atoms with Crippen LogP contribution in [0.4, 0.5) is 19.1 Å². The summed E-state index contributed by atoms with van der Waals surface area (Å²) in [6.07, 6.45) is -4.23. The van der Waals surface area contributed by atoms with E-state index >= 15 is 0 Å². The molecule has 1 aromatic heterocycles. The number of likely N-dealkylation sites (tertiary alicyclic amines) is 1. The highest BCUT2D eigenvalue weighted by molar-refractivity contribution is 5.85. The van der Waals surface area contributed by atoms with E-state index in [1.807, 2.05) is 0 Å². The molecule has 1 aliphatic heterocycles. The number of nitrogens with one attached hydrogen (secondary N) is 1. The zero-order valence-electron chi connectivity index (χ0n) is 16.8. The Morgan fingerprint density at radius 3 is 2.45 bits per heavy atom. The van der Waals surface area contributed by atoms with E-state index in [1.54, 1.807) is 24.0 Å². The van der Waals surface area contributed by atoms with Crippen LogP contribution in [0, 0.1) is 18.8 Å². The zero-order chi connectivity index (χ0) is 22.3. The van der Waals surface area contributed by atoms with Crippen LogP contribution in [0.5, 0.6) is 0 Å². The maximum Gasteiger partial charge on any atom is 0.416 e. The van der Waals surface area contributed by atoms with E-state index in [0.29, 0.717) is 37.2 Å². The minimum absolute atomic E-state index is 0.0129. The summed E-state index contributed by atoms with van der Waals surface area (Å²) in [5.41, 5.74) is 0.0616. The molecule has 7 nitrogen and oxygen atoms in total. The molecule has 10 heteroatoms. The second kappa shape index (κ2) is 8.08. The number of alkyl halides is 3. The Bertz CT molecular complexity index is 971. The van der Waals surface area contributed by atoms with Crippen molar-refractivity contribution >= 4 is 11.9 Å². The van der Waals surface area contributed by atoms with E-state index in [4.69, 9.17) is 5.11 Å². The van der Waals surface area contributed by atoms with Gasteiger partial charge in [0.25, 0.3) is 0 Å². The number of aromatic carboxylic acids is 1. The van der Waals surface area contributed by atoms with Crippen molar-refractivity contribution in [1.29, 1.82) is 0 Å². The van der Waals surface area contributed by atoms with Gasteiger partial charge in [-0.05, 0) is 55.2 Å². The molecule has 4 rings (SSSR count). The molecular formula is C21H23F3N4O3. The third kappa shape index (κ3) is 4.49. The molecule has 2 aliphatic rings. The first-order valence-electron chi connectivity index (χ1n) is 10.1. The number of carboxylic acids is 1. The predicted octanol–water partition coefficient (Wildman–Crippen LogP) is 3.32. The standard InChI is InChI=1S/C21H23F3N4O3/c1-11-6-17(18(29)30)26-19(25-11)27-20(31)28-9-13-7-12(8-14(13)10-28)15-4-2-3-5-16(15)21(22,23)24/h2-6,12-14,20,31H,7-10H2,1H3,(H,29,30)(H,25,26,27)/t12-,13-,14+,20?. The number of benzene rings is 1. The molecule has 2 heterocycles. The lowest BCUT2D eigenvalue weighted by atomic mass is 9.91. The van der Waals surface area contributed by atoms with Gasteiger partial charge >= 0.3 is 12.1 Å². The lowest BCUT2D eigenvalue weighted by Crippen LogP contribution is -2.40. The van der Waals surface area contributed by atoms with Crippen LogP contribution >= 0.6 is 0 Å². The molecule has 1 aromatic carbocycles. The summed E-state index contributed by atoms with van der Waals surface area (Å²) in [5, 5.41) is 22.4. The number of rotatable bonds is 5. The average Bonchev–Trinajstić information content (AvgIpc) is 3.26. The third-order valence-corrected chi connectivity index (χ3v) is 6.16. The van der Waals surface area contributed by atoms with Gasteiger partial charge in [0.05, 0.1) is 5.56 Å². The first kappa shape index (κ1) is 21.5. The van der Waals surface area contributed by atoms with Crippen LogP contribution in [-0.2, 0) is 6.18 Å². The summed E-state index contributed by atoms with van der Waals surface area (Å²) in [7, 11) is 0. The first-order valence-corrected chi connectivity index (χ1v) is 10.1. The number of aryl methyl sites for hydroxylation is 1. The number of fused-ring (bicyclic) bond motifs is 1. The largest absolute Gasteiger partial charge is 0.477 e. The summed E-state index contributed by atoms with van der Waals surface area (Å²) < 4.78 is 40.1. The number of aliphatic hydroxyl groups is 1. The molecule has 1 saturated heterocycles. The molecule has 166 valence electrons. The summed E-state index contributed by atoms with van der Waals surface area (Å²) in [6, 6.07) is 7.09. The SMILES string of the molecule is Cc1cc(C(=O)O)nc(NC(O)N2C[C@H]3C[C@@H](c4ccccc4C(F)(F)F)C[C@H]3C2)n1. The highest BCUT2D eigenvalue weighted by Crippen LogP contribution is 2.49. The number of aliphatic hydroxyl groups excluding tert-OH is 1. The number of anilines is 1. The molecule has 0 spiro atoms. The monoisotopic (exact) mass is 436 g/mol. The minimum atomic E-state index is -4.37. The molecule has 2 aromatic rings. The van der Waals surface area contributed by atoms with Gasteiger partial charge in [-0.2, -0.15) is 13.2 Å². The van der Waals surface area contributed by atoms with Crippen LogP contribution in [-0.4, -0.2) is 50.5 Å². The molecule has 3 N–H and O–H groups in total. The molecule has 4 atom stereocenters. The van der Waals surface area contributed by atoms with Crippen molar-refractivity contribution in [2.75, 3.05) is 18.4 Å². The van der Waals surface area contributed by atoms with Crippen LogP contribution in [0.15, 0.2) is 30.3 Å². The Morgan fingerprint density at radius 1 is 1.19 bits per heavy atom. The lowest BCUT2D eigenvalue weighted by molar-refractivity contribution is -0.138. The molecule has 0 radical (unpaired) electrons. The van der Waals surface area contributed by atoms with Crippen molar-refractivity contribution < 1.29 is 28.2 Å². The van der Waals surface area contributed by atoms with Crippen LogP contribution in [0.2, 0.25) is 0 Å². The predicted molar refractivity (Wildman–Crippen MR) is 105 cm³/mol. The van der Waals surface area contributed by atoms with Gasteiger partial charge in [-0.25, -0.2) is 14.8 Å². The van der Waals surface area contributed by atoms with Gasteiger partial charge < -0.3 is 15.5 Å². The van der Waals surface area contributed by atoms with Crippen LogP contribution < -0.4 is 5.32 Å². The van der Waals surface area contributed by atoms with E-state index in [2.05, 4.69) is 15.3 Å². The van der Waals surface area contributed by atoms with Gasteiger partial charge in [0.2, 0.25) is 5.95 Å². The van der Waals surface area contributed by atoms with Crippen molar-refractivity contribution in [2.45, 2.75) is 38.2 Å². The molecule has 2 fully saturated rings. The van der Waals surface area contributed by atoms with Gasteiger partial charge in [0, 0.05) is 18.8 Å². The van der Waals surface area contributed by atoms with Crippen LogP contribution in [0.1, 0.15) is 46.1 Å². The van der Waals surface area contributed by atoms with Gasteiger partial charge in [-0.15, -0.1) is 0 Å². The van der Waals surface area contributed by atoms with E-state index in [1.165, 1.54) is 12.1 Å². The Hall–Kier alpha value is -2.72. The summed E-state index contributed by atoms with van der Waals surface area (Å²) >= 11 is 0. The number of nitrogens with zero attached hydrogens (tertiary/aromatic N) is 3. The molecule has 1 unspecified atom stereocenters. The fraction of sp³-hybridized carbons (Fsp3) is 0.476. The van der Waals surface area contributed by atoms with Crippen molar-refractivity contribution in [3.05, 3.63) is 52.8 Å². The Balaban J connectivity index is 1.41. The number of carboxylic acid groups (broad SMARTS) is 1. The number of hydrogen-bond donors (Lipinski definition) is 3. The van der Waals surface area contributed by atoms with Gasteiger partial charge in [-0.1, -0.05) is 18.2 Å². The van der Waals surface area contributed by atoms with Crippen molar-refractivity contribution in [3.63, 3.8) is 0 Å². The molecule has 0 amide bonds. The fourth-order valence-electron chi connectivity index (χ4n) is 4.85. The Kier molecular flexibility index (Phi) is 5.61. The maximum atomic E-state index is 13.4. The minimum Gasteiger partial charge on any atom is -0.477 e. The van der Waals surface area contributed by atoms with Crippen LogP contribution in [0.25, 0.3) is 0 Å². The summed E-state index contributed by atoms with van der Waals surface area (Å²) in [5.74, 6) is -0.979. The normalized spacial score (nSPS) is 24.7. The smallest absolute Gasteiger partial charge is 0.416 e. The topological polar surface area (TPSA) is 98.6 Å². The van der Waals surface area contributed by atoms with E-state index < -0.39 is 24.1 Å². The summed E-state index contributed by atoms with van der Waals surface area (Å²) in [4.78, 5) is 20.9. The number of hydrogen-bond acceptors (Lipinski definition) is 6. The fourth-order valence-corrected chi connectivity index (χ4v) is 4.85. The third-order valence-electron chi connectivity index (χ3n) is 6.16. The zero-order valence-corrected chi connectivity index (χ0v) is 16.8. The van der Waals surface area contributed by atoms with E-state index in [0.717, 1.165) is 6.07 Å².